The lowest BCUT2D eigenvalue weighted by Crippen LogP contribution is -2.48. The van der Waals surface area contributed by atoms with E-state index in [0.717, 1.165) is 31.6 Å². The second-order valence-corrected chi connectivity index (χ2v) is 8.43. The van der Waals surface area contributed by atoms with Gasteiger partial charge in [-0.2, -0.15) is 5.10 Å². The molecule has 28 heavy (non-hydrogen) atoms. The lowest BCUT2D eigenvalue weighted by molar-refractivity contribution is 0.0134. The van der Waals surface area contributed by atoms with E-state index in [1.165, 1.54) is 4.68 Å². The van der Waals surface area contributed by atoms with Gasteiger partial charge in [-0.05, 0) is 47.5 Å². The highest BCUT2D eigenvalue weighted by Crippen LogP contribution is 2.20. The van der Waals surface area contributed by atoms with Crippen LogP contribution in [-0.2, 0) is 11.4 Å². The number of nitrogens with zero attached hydrogens (tertiary/aromatic N) is 5. The fraction of sp³-hybridized carbons (Fsp3) is 0.684. The summed E-state index contributed by atoms with van der Waals surface area (Å²) in [6.07, 6.45) is 1.33. The Hall–Kier alpha value is -2.42. The normalized spacial score (nSPS) is 16.5. The van der Waals surface area contributed by atoms with Crippen LogP contribution in [0.5, 0.6) is 0 Å². The molecule has 9 heteroatoms. The zero-order chi connectivity index (χ0) is 20.6. The molecule has 0 saturated carbocycles. The van der Waals surface area contributed by atoms with Crippen molar-refractivity contribution in [1.29, 1.82) is 0 Å². The number of piperidine rings is 1. The minimum atomic E-state index is -0.505. The molecule has 0 aromatic carbocycles. The number of aromatic nitrogens is 3. The van der Waals surface area contributed by atoms with Crippen molar-refractivity contribution in [1.82, 2.24) is 24.7 Å². The summed E-state index contributed by atoms with van der Waals surface area (Å²) < 4.78 is 12.0. The van der Waals surface area contributed by atoms with Gasteiger partial charge < -0.3 is 14.2 Å². The first kappa shape index (κ1) is 20.3. The number of rotatable bonds is 3. The highest BCUT2D eigenvalue weighted by Gasteiger charge is 2.29. The molecule has 0 atom stereocenters. The third kappa shape index (κ3) is 4.19. The van der Waals surface area contributed by atoms with Gasteiger partial charge in [-0.15, -0.1) is 0 Å². The van der Waals surface area contributed by atoms with Crippen LogP contribution in [0.1, 0.15) is 45.1 Å². The van der Waals surface area contributed by atoms with Gasteiger partial charge in [0.1, 0.15) is 11.4 Å². The van der Waals surface area contributed by atoms with Crippen molar-refractivity contribution in [2.75, 3.05) is 20.1 Å². The lowest BCUT2D eigenvalue weighted by Gasteiger charge is -2.37. The fourth-order valence-corrected chi connectivity index (χ4v) is 3.56. The van der Waals surface area contributed by atoms with Crippen LogP contribution in [0.2, 0.25) is 0 Å². The van der Waals surface area contributed by atoms with Crippen molar-refractivity contribution in [2.45, 2.75) is 65.8 Å². The van der Waals surface area contributed by atoms with Gasteiger partial charge in [-0.1, -0.05) is 5.16 Å². The summed E-state index contributed by atoms with van der Waals surface area (Å²) >= 11 is 0. The minimum Gasteiger partial charge on any atom is -0.444 e. The largest absolute Gasteiger partial charge is 0.444 e. The Morgan fingerprint density at radius 3 is 2.54 bits per heavy atom. The van der Waals surface area contributed by atoms with Crippen LogP contribution in [-0.4, -0.2) is 62.6 Å². The number of aryl methyl sites for hydroxylation is 2. The van der Waals surface area contributed by atoms with E-state index in [2.05, 4.69) is 15.2 Å². The summed E-state index contributed by atoms with van der Waals surface area (Å²) in [7, 11) is 1.78. The predicted molar refractivity (Wildman–Crippen MR) is 104 cm³/mol. The van der Waals surface area contributed by atoms with Crippen molar-refractivity contribution in [3.8, 4) is 0 Å². The van der Waals surface area contributed by atoms with E-state index in [1.807, 2.05) is 27.7 Å². The van der Waals surface area contributed by atoms with Crippen LogP contribution in [0.3, 0.4) is 0 Å². The molecule has 1 aliphatic heterocycles. The quantitative estimate of drug-likeness (QED) is 0.792. The van der Waals surface area contributed by atoms with Gasteiger partial charge in [0, 0.05) is 26.2 Å². The number of likely N-dealkylation sites (tertiary alicyclic amines) is 1. The molecular weight excluding hydrogens is 362 g/mol. The van der Waals surface area contributed by atoms with E-state index in [4.69, 9.17) is 9.26 Å². The Morgan fingerprint density at radius 2 is 1.93 bits per heavy atom. The molecule has 154 valence electrons. The predicted octanol–water partition coefficient (Wildman–Crippen LogP) is 2.29. The van der Waals surface area contributed by atoms with Gasteiger partial charge in [0.05, 0.1) is 17.7 Å². The molecule has 1 amide bonds. The number of carbonyl (C=O) groups excluding carboxylic acids is 1. The van der Waals surface area contributed by atoms with Crippen molar-refractivity contribution >= 4 is 17.0 Å². The second kappa shape index (κ2) is 7.54. The Bertz CT molecular complexity index is 919. The van der Waals surface area contributed by atoms with Gasteiger partial charge in [0.25, 0.3) is 5.56 Å². The number of amides is 1. The molecule has 9 nitrogen and oxygen atoms in total. The molecule has 0 unspecified atom stereocenters. The average Bonchev–Trinajstić information content (AvgIpc) is 3.00. The van der Waals surface area contributed by atoms with E-state index in [0.29, 0.717) is 23.3 Å². The SMILES string of the molecule is Cc1nn(CN2CCC(N(C)C(=O)OC(C)(C)C)CC2)c(=O)c2noc(C)c12. The Morgan fingerprint density at radius 1 is 1.29 bits per heavy atom. The molecule has 1 fully saturated rings. The molecular formula is C19H29N5O4. The fourth-order valence-electron chi connectivity index (χ4n) is 3.56. The highest BCUT2D eigenvalue weighted by molar-refractivity contribution is 5.81. The topological polar surface area (TPSA) is 93.7 Å². The van der Waals surface area contributed by atoms with Crippen LogP contribution < -0.4 is 5.56 Å². The summed E-state index contributed by atoms with van der Waals surface area (Å²) in [5.74, 6) is 0.607. The second-order valence-electron chi connectivity index (χ2n) is 8.43. The molecule has 3 rings (SSSR count). The molecule has 3 heterocycles. The summed E-state index contributed by atoms with van der Waals surface area (Å²) in [5, 5.41) is 9.01. The van der Waals surface area contributed by atoms with Gasteiger partial charge in [0.15, 0.2) is 5.52 Å². The van der Waals surface area contributed by atoms with Crippen molar-refractivity contribution in [2.24, 2.45) is 0 Å². The zero-order valence-electron chi connectivity index (χ0n) is 17.5. The van der Waals surface area contributed by atoms with E-state index >= 15 is 0 Å². The summed E-state index contributed by atoms with van der Waals surface area (Å²) in [4.78, 5) is 28.7. The summed E-state index contributed by atoms with van der Waals surface area (Å²) in [6.45, 7) is 11.1. The number of hydrogen-bond acceptors (Lipinski definition) is 7. The van der Waals surface area contributed by atoms with Crippen LogP contribution >= 0.6 is 0 Å². The number of ether oxygens (including phenoxy) is 1. The maximum Gasteiger partial charge on any atom is 0.410 e. The first-order chi connectivity index (χ1) is 13.1. The molecule has 0 aliphatic carbocycles. The van der Waals surface area contributed by atoms with Crippen molar-refractivity contribution in [3.05, 3.63) is 21.8 Å². The van der Waals surface area contributed by atoms with E-state index < -0.39 is 5.60 Å². The van der Waals surface area contributed by atoms with E-state index in [-0.39, 0.29) is 17.7 Å². The van der Waals surface area contributed by atoms with Crippen LogP contribution in [0.25, 0.3) is 10.9 Å². The number of fused-ring (bicyclic) bond motifs is 1. The first-order valence-corrected chi connectivity index (χ1v) is 9.58. The third-order valence-corrected chi connectivity index (χ3v) is 5.05. The third-order valence-electron chi connectivity index (χ3n) is 5.05. The average molecular weight is 391 g/mol. The molecule has 2 aromatic rings. The molecule has 2 aromatic heterocycles. The molecule has 0 radical (unpaired) electrons. The van der Waals surface area contributed by atoms with E-state index in [1.54, 1.807) is 18.9 Å². The smallest absolute Gasteiger partial charge is 0.410 e. The highest BCUT2D eigenvalue weighted by atomic mass is 16.6. The monoisotopic (exact) mass is 391 g/mol. The molecule has 1 aliphatic rings. The standard InChI is InChI=1S/C19H29N5O4/c1-12-15-13(2)28-21-16(15)17(25)24(20-12)11-23-9-7-14(8-10-23)22(6)18(26)27-19(3,4)5/h14H,7-11H2,1-6H3. The van der Waals surface area contributed by atoms with Gasteiger partial charge in [0.2, 0.25) is 0 Å². The van der Waals surface area contributed by atoms with Gasteiger partial charge in [-0.3, -0.25) is 9.69 Å². The number of hydrogen-bond donors (Lipinski definition) is 0. The first-order valence-electron chi connectivity index (χ1n) is 9.58. The summed E-state index contributed by atoms with van der Waals surface area (Å²) in [6, 6.07) is 0.123. The molecule has 0 N–H and O–H groups in total. The Labute approximate surface area is 164 Å². The molecule has 0 bridgehead atoms. The van der Waals surface area contributed by atoms with Crippen LogP contribution in [0.4, 0.5) is 4.79 Å². The van der Waals surface area contributed by atoms with Gasteiger partial charge in [-0.25, -0.2) is 9.48 Å². The van der Waals surface area contributed by atoms with E-state index in [9.17, 15) is 9.59 Å². The zero-order valence-corrected chi connectivity index (χ0v) is 17.5. The van der Waals surface area contributed by atoms with Crippen molar-refractivity contribution in [3.63, 3.8) is 0 Å². The van der Waals surface area contributed by atoms with Crippen LogP contribution in [0, 0.1) is 13.8 Å². The minimum absolute atomic E-state index is 0.123. The lowest BCUT2D eigenvalue weighted by atomic mass is 10.0. The molecule has 1 saturated heterocycles. The maximum absolute atomic E-state index is 12.6. The number of carbonyl (C=O) groups is 1. The maximum atomic E-state index is 12.6. The van der Waals surface area contributed by atoms with Gasteiger partial charge >= 0.3 is 6.09 Å². The Balaban J connectivity index is 1.63. The van der Waals surface area contributed by atoms with Crippen molar-refractivity contribution < 1.29 is 14.1 Å². The Kier molecular flexibility index (Phi) is 5.47. The molecule has 0 spiro atoms. The van der Waals surface area contributed by atoms with Crippen LogP contribution in [0.15, 0.2) is 9.32 Å². The summed E-state index contributed by atoms with van der Waals surface area (Å²) in [5.41, 5.74) is 0.303.